The summed E-state index contributed by atoms with van der Waals surface area (Å²) in [5.74, 6) is 0. The molecule has 2 rings (SSSR count). The lowest BCUT2D eigenvalue weighted by Gasteiger charge is -2.03. The molecule has 2 aromatic heterocycles. The van der Waals surface area contributed by atoms with Crippen LogP contribution in [0.5, 0.6) is 0 Å². The Morgan fingerprint density at radius 3 is 2.80 bits per heavy atom. The van der Waals surface area contributed by atoms with E-state index in [4.69, 9.17) is 17.3 Å². The van der Waals surface area contributed by atoms with Gasteiger partial charge in [0.2, 0.25) is 0 Å². The molecule has 15 heavy (non-hydrogen) atoms. The van der Waals surface area contributed by atoms with Gasteiger partial charge in [-0.25, -0.2) is 9.97 Å². The molecule has 0 aliphatic rings. The molecule has 0 fully saturated rings. The number of halogens is 1. The van der Waals surface area contributed by atoms with Crippen LogP contribution in [0.15, 0.2) is 46.6 Å². The van der Waals surface area contributed by atoms with Crippen LogP contribution in [0, 0.1) is 0 Å². The van der Waals surface area contributed by atoms with Gasteiger partial charge >= 0.3 is 0 Å². The van der Waals surface area contributed by atoms with Crippen molar-refractivity contribution in [3.63, 3.8) is 0 Å². The third-order valence-corrected chi connectivity index (χ3v) is 2.88. The number of nitrogens with two attached hydrogens (primary N) is 1. The second-order valence-corrected chi connectivity index (χ2v) is 4.19. The first-order valence-corrected chi connectivity index (χ1v) is 5.46. The number of anilines is 1. The van der Waals surface area contributed by atoms with Gasteiger partial charge in [0.1, 0.15) is 15.2 Å². The number of nitrogen functional groups attached to an aromatic ring is 1. The van der Waals surface area contributed by atoms with Crippen LogP contribution in [-0.2, 0) is 0 Å². The van der Waals surface area contributed by atoms with Crippen LogP contribution in [0.25, 0.3) is 0 Å². The summed E-state index contributed by atoms with van der Waals surface area (Å²) in [7, 11) is 0. The van der Waals surface area contributed by atoms with E-state index in [2.05, 4.69) is 9.97 Å². The second-order valence-electron chi connectivity index (χ2n) is 2.80. The molecule has 0 spiro atoms. The minimum Gasteiger partial charge on any atom is -0.397 e. The molecular formula is C10H8ClN3S. The lowest BCUT2D eigenvalue weighted by Crippen LogP contribution is -1.92. The molecule has 2 heterocycles. The fourth-order valence-corrected chi connectivity index (χ4v) is 2.00. The molecule has 0 saturated heterocycles. The quantitative estimate of drug-likeness (QED) is 0.816. The van der Waals surface area contributed by atoms with E-state index in [0.717, 1.165) is 5.03 Å². The van der Waals surface area contributed by atoms with Crippen molar-refractivity contribution in [1.29, 1.82) is 0 Å². The summed E-state index contributed by atoms with van der Waals surface area (Å²) in [6.07, 6.45) is 1.73. The zero-order valence-corrected chi connectivity index (χ0v) is 9.29. The second kappa shape index (κ2) is 4.51. The van der Waals surface area contributed by atoms with Gasteiger partial charge in [0, 0.05) is 6.20 Å². The third kappa shape index (κ3) is 2.61. The molecule has 0 atom stereocenters. The lowest BCUT2D eigenvalue weighted by molar-refractivity contribution is 1.10. The van der Waals surface area contributed by atoms with Gasteiger partial charge in [-0.1, -0.05) is 17.7 Å². The predicted molar refractivity (Wildman–Crippen MR) is 62.0 cm³/mol. The molecule has 2 aromatic rings. The molecule has 0 aromatic carbocycles. The summed E-state index contributed by atoms with van der Waals surface area (Å²) < 4.78 is 0. The highest BCUT2D eigenvalue weighted by molar-refractivity contribution is 7.99. The van der Waals surface area contributed by atoms with Crippen LogP contribution in [-0.4, -0.2) is 9.97 Å². The van der Waals surface area contributed by atoms with Gasteiger partial charge in [-0.05, 0) is 36.0 Å². The van der Waals surface area contributed by atoms with Crippen molar-refractivity contribution < 1.29 is 0 Å². The van der Waals surface area contributed by atoms with Crippen molar-refractivity contribution >= 4 is 29.1 Å². The molecule has 5 heteroatoms. The molecule has 0 aliphatic carbocycles. The van der Waals surface area contributed by atoms with Crippen LogP contribution < -0.4 is 5.73 Å². The molecule has 0 radical (unpaired) electrons. The number of hydrogen-bond acceptors (Lipinski definition) is 4. The van der Waals surface area contributed by atoms with E-state index in [-0.39, 0.29) is 0 Å². The summed E-state index contributed by atoms with van der Waals surface area (Å²) in [5, 5.41) is 1.96. The average Bonchev–Trinajstić information content (AvgIpc) is 2.25. The Bertz CT molecular complexity index is 461. The van der Waals surface area contributed by atoms with Crippen molar-refractivity contribution in [2.75, 3.05) is 5.73 Å². The summed E-state index contributed by atoms with van der Waals surface area (Å²) in [5.41, 5.74) is 6.37. The van der Waals surface area contributed by atoms with Gasteiger partial charge in [0.25, 0.3) is 0 Å². The van der Waals surface area contributed by atoms with Crippen molar-refractivity contribution in [1.82, 2.24) is 9.97 Å². The van der Waals surface area contributed by atoms with Crippen LogP contribution >= 0.6 is 23.4 Å². The monoisotopic (exact) mass is 237 g/mol. The topological polar surface area (TPSA) is 51.8 Å². The minimum absolute atomic E-state index is 0.433. The van der Waals surface area contributed by atoms with Crippen molar-refractivity contribution in [2.24, 2.45) is 0 Å². The highest BCUT2D eigenvalue weighted by Gasteiger charge is 2.04. The van der Waals surface area contributed by atoms with E-state index in [1.54, 1.807) is 18.3 Å². The van der Waals surface area contributed by atoms with E-state index in [0.29, 0.717) is 15.9 Å². The summed E-state index contributed by atoms with van der Waals surface area (Å²) in [6.45, 7) is 0. The zero-order valence-electron chi connectivity index (χ0n) is 7.72. The van der Waals surface area contributed by atoms with Gasteiger partial charge in [0.05, 0.1) is 5.69 Å². The van der Waals surface area contributed by atoms with E-state index < -0.39 is 0 Å². The Labute approximate surface area is 96.7 Å². The fourth-order valence-electron chi connectivity index (χ4n) is 1.02. The summed E-state index contributed by atoms with van der Waals surface area (Å²) >= 11 is 7.18. The molecule has 2 N–H and O–H groups in total. The first kappa shape index (κ1) is 10.3. The van der Waals surface area contributed by atoms with Crippen LogP contribution in [0.3, 0.4) is 0 Å². The first-order valence-electron chi connectivity index (χ1n) is 4.26. The molecule has 0 unspecified atom stereocenters. The number of rotatable bonds is 2. The van der Waals surface area contributed by atoms with E-state index in [1.165, 1.54) is 11.8 Å². The smallest absolute Gasteiger partial charge is 0.130 e. The zero-order chi connectivity index (χ0) is 10.7. The molecule has 76 valence electrons. The van der Waals surface area contributed by atoms with Crippen molar-refractivity contribution in [3.8, 4) is 0 Å². The number of aromatic nitrogens is 2. The van der Waals surface area contributed by atoms with Crippen LogP contribution in [0.4, 0.5) is 5.69 Å². The summed E-state index contributed by atoms with van der Waals surface area (Å²) in [4.78, 5) is 8.30. The Hall–Kier alpha value is -1.26. The summed E-state index contributed by atoms with van der Waals surface area (Å²) in [6, 6.07) is 9.07. The van der Waals surface area contributed by atoms with E-state index >= 15 is 0 Å². The lowest BCUT2D eigenvalue weighted by atomic mass is 10.4. The van der Waals surface area contributed by atoms with E-state index in [1.807, 2.05) is 18.2 Å². The van der Waals surface area contributed by atoms with E-state index in [9.17, 15) is 0 Å². The van der Waals surface area contributed by atoms with Crippen LogP contribution in [0.1, 0.15) is 0 Å². The Balaban J connectivity index is 2.28. The number of nitrogens with zero attached hydrogens (tertiary/aromatic N) is 2. The Morgan fingerprint density at radius 2 is 2.07 bits per heavy atom. The number of pyridine rings is 2. The predicted octanol–water partition coefficient (Wildman–Crippen LogP) is 2.86. The maximum absolute atomic E-state index is 5.78. The normalized spacial score (nSPS) is 10.2. The molecule has 0 aliphatic heterocycles. The van der Waals surface area contributed by atoms with Crippen molar-refractivity contribution in [2.45, 2.75) is 10.1 Å². The molecular weight excluding hydrogens is 230 g/mol. The Morgan fingerprint density at radius 1 is 1.20 bits per heavy atom. The molecule has 0 bridgehead atoms. The maximum atomic E-state index is 5.78. The molecule has 0 saturated carbocycles. The minimum atomic E-state index is 0.433. The molecule has 3 nitrogen and oxygen atoms in total. The average molecular weight is 238 g/mol. The maximum Gasteiger partial charge on any atom is 0.130 e. The van der Waals surface area contributed by atoms with Crippen molar-refractivity contribution in [3.05, 3.63) is 41.7 Å². The largest absolute Gasteiger partial charge is 0.397 e. The van der Waals surface area contributed by atoms with Gasteiger partial charge in [-0.15, -0.1) is 0 Å². The van der Waals surface area contributed by atoms with Gasteiger partial charge in [-0.2, -0.15) is 0 Å². The van der Waals surface area contributed by atoms with Crippen LogP contribution in [0.2, 0.25) is 5.15 Å². The highest BCUT2D eigenvalue weighted by Crippen LogP contribution is 2.29. The SMILES string of the molecule is Nc1ccc(Cl)nc1Sc1ccccn1. The van der Waals surface area contributed by atoms with Gasteiger partial charge in [0.15, 0.2) is 0 Å². The molecule has 0 amide bonds. The van der Waals surface area contributed by atoms with Gasteiger partial charge in [-0.3, -0.25) is 0 Å². The fraction of sp³-hybridized carbons (Fsp3) is 0. The Kier molecular flexibility index (Phi) is 3.08. The van der Waals surface area contributed by atoms with Gasteiger partial charge < -0.3 is 5.73 Å². The standard InChI is InChI=1S/C10H8ClN3S/c11-8-5-4-7(12)10(14-8)15-9-3-1-2-6-13-9/h1-6H,12H2. The third-order valence-electron chi connectivity index (χ3n) is 1.69. The highest BCUT2D eigenvalue weighted by atomic mass is 35.5. The number of hydrogen-bond donors (Lipinski definition) is 1. The first-order chi connectivity index (χ1) is 7.25.